The molecule has 2 aliphatic heterocycles. The zero-order valence-corrected chi connectivity index (χ0v) is 21.6. The van der Waals surface area contributed by atoms with E-state index in [1.54, 1.807) is 19.0 Å². The van der Waals surface area contributed by atoms with E-state index in [9.17, 15) is 4.79 Å². The number of nitrogens with zero attached hydrogens (tertiary/aromatic N) is 4. The first-order valence-corrected chi connectivity index (χ1v) is 11.8. The standard InChI is InChI=1S/C22H42N6O.HI/c1-4-27-13-7-10-20(27)16-23-22(24-17-21(29)26(2)3)25-18-11-14-28(15-12-18)19-8-5-6-9-19;/h18-20H,4-17H2,1-3H3,(H2,23,24,25);1H. The lowest BCUT2D eigenvalue weighted by atomic mass is 10.0. The fraction of sp³-hybridized carbons (Fsp3) is 0.909. The van der Waals surface area contributed by atoms with Crippen molar-refractivity contribution in [1.82, 2.24) is 25.3 Å². The third kappa shape index (κ3) is 7.51. The SMILES string of the molecule is CCN1CCCC1CNC(=NCC(=O)N(C)C)NC1CCN(C2CCCC2)CC1.I. The van der Waals surface area contributed by atoms with E-state index in [0.29, 0.717) is 12.1 Å². The molecule has 0 bridgehead atoms. The lowest BCUT2D eigenvalue weighted by Gasteiger charge is -2.36. The van der Waals surface area contributed by atoms with Gasteiger partial charge < -0.3 is 20.4 Å². The molecule has 3 aliphatic rings. The minimum absolute atomic E-state index is 0. The molecule has 174 valence electrons. The van der Waals surface area contributed by atoms with Gasteiger partial charge in [0.25, 0.3) is 0 Å². The highest BCUT2D eigenvalue weighted by Gasteiger charge is 2.28. The number of halogens is 1. The maximum Gasteiger partial charge on any atom is 0.243 e. The lowest BCUT2D eigenvalue weighted by Crippen LogP contribution is -2.52. The van der Waals surface area contributed by atoms with Crippen LogP contribution in [0.2, 0.25) is 0 Å². The molecule has 2 N–H and O–H groups in total. The van der Waals surface area contributed by atoms with E-state index in [4.69, 9.17) is 0 Å². The molecular weight excluding hydrogens is 491 g/mol. The predicted molar refractivity (Wildman–Crippen MR) is 135 cm³/mol. The first-order chi connectivity index (χ1) is 14.1. The monoisotopic (exact) mass is 534 g/mol. The number of rotatable bonds is 7. The Kier molecular flexibility index (Phi) is 11.2. The number of guanidine groups is 1. The zero-order valence-electron chi connectivity index (χ0n) is 19.2. The van der Waals surface area contributed by atoms with Gasteiger partial charge in [-0.25, -0.2) is 4.99 Å². The normalized spacial score (nSPS) is 24.6. The quantitative estimate of drug-likeness (QED) is 0.298. The summed E-state index contributed by atoms with van der Waals surface area (Å²) in [6.07, 6.45) is 10.4. The van der Waals surface area contributed by atoms with Gasteiger partial charge >= 0.3 is 0 Å². The van der Waals surface area contributed by atoms with E-state index in [-0.39, 0.29) is 36.4 Å². The van der Waals surface area contributed by atoms with E-state index in [2.05, 4.69) is 32.3 Å². The molecule has 3 rings (SSSR count). The number of hydrogen-bond donors (Lipinski definition) is 2. The van der Waals surface area contributed by atoms with Crippen molar-refractivity contribution in [3.63, 3.8) is 0 Å². The molecule has 7 nitrogen and oxygen atoms in total. The van der Waals surface area contributed by atoms with Crippen molar-refractivity contribution in [2.45, 2.75) is 76.4 Å². The number of likely N-dealkylation sites (N-methyl/N-ethyl adjacent to an activating group) is 2. The van der Waals surface area contributed by atoms with Gasteiger partial charge in [-0.15, -0.1) is 24.0 Å². The van der Waals surface area contributed by atoms with Crippen LogP contribution in [0.4, 0.5) is 0 Å². The highest BCUT2D eigenvalue weighted by atomic mass is 127. The molecule has 0 aromatic rings. The van der Waals surface area contributed by atoms with Crippen LogP contribution in [0.1, 0.15) is 58.3 Å². The van der Waals surface area contributed by atoms with Crippen molar-refractivity contribution in [1.29, 1.82) is 0 Å². The van der Waals surface area contributed by atoms with Crippen molar-refractivity contribution >= 4 is 35.8 Å². The molecule has 1 atom stereocenters. The lowest BCUT2D eigenvalue weighted by molar-refractivity contribution is -0.127. The summed E-state index contributed by atoms with van der Waals surface area (Å²) >= 11 is 0. The van der Waals surface area contributed by atoms with Crippen LogP contribution >= 0.6 is 24.0 Å². The average molecular weight is 535 g/mol. The molecule has 0 spiro atoms. The maximum atomic E-state index is 12.0. The molecule has 8 heteroatoms. The average Bonchev–Trinajstić information content (AvgIpc) is 3.41. The summed E-state index contributed by atoms with van der Waals surface area (Å²) < 4.78 is 0. The molecule has 3 fully saturated rings. The second kappa shape index (κ2) is 13.1. The third-order valence-corrected chi connectivity index (χ3v) is 6.99. The second-order valence-electron chi connectivity index (χ2n) is 9.15. The molecule has 0 aromatic heterocycles. The van der Waals surface area contributed by atoms with Gasteiger partial charge in [0.1, 0.15) is 6.54 Å². The van der Waals surface area contributed by atoms with Crippen LogP contribution in [0.5, 0.6) is 0 Å². The molecular formula is C22H43IN6O. The molecule has 1 amide bonds. The summed E-state index contributed by atoms with van der Waals surface area (Å²) in [5, 5.41) is 7.19. The van der Waals surface area contributed by atoms with Gasteiger partial charge in [-0.3, -0.25) is 9.69 Å². The van der Waals surface area contributed by atoms with Crippen LogP contribution in [0.15, 0.2) is 4.99 Å². The third-order valence-electron chi connectivity index (χ3n) is 6.99. The Bertz CT molecular complexity index is 544. The largest absolute Gasteiger partial charge is 0.355 e. The van der Waals surface area contributed by atoms with Crippen molar-refractivity contribution in [3.8, 4) is 0 Å². The van der Waals surface area contributed by atoms with Crippen molar-refractivity contribution in [2.24, 2.45) is 4.99 Å². The van der Waals surface area contributed by atoms with Crippen molar-refractivity contribution in [3.05, 3.63) is 0 Å². The number of carbonyl (C=O) groups excluding carboxylic acids is 1. The minimum Gasteiger partial charge on any atom is -0.355 e. The highest BCUT2D eigenvalue weighted by molar-refractivity contribution is 14.0. The summed E-state index contributed by atoms with van der Waals surface area (Å²) in [5.41, 5.74) is 0. The van der Waals surface area contributed by atoms with Gasteiger partial charge in [0.2, 0.25) is 5.91 Å². The number of nitrogens with one attached hydrogen (secondary N) is 2. The van der Waals surface area contributed by atoms with Gasteiger partial charge in [0.15, 0.2) is 5.96 Å². The van der Waals surface area contributed by atoms with Crippen molar-refractivity contribution < 1.29 is 4.79 Å². The number of likely N-dealkylation sites (tertiary alicyclic amines) is 2. The molecule has 1 saturated carbocycles. The Labute approximate surface area is 200 Å². The minimum atomic E-state index is 0. The van der Waals surface area contributed by atoms with Gasteiger partial charge in [0, 0.05) is 51.9 Å². The van der Waals surface area contributed by atoms with E-state index in [1.807, 2.05) is 0 Å². The van der Waals surface area contributed by atoms with Crippen LogP contribution in [0.25, 0.3) is 0 Å². The molecule has 30 heavy (non-hydrogen) atoms. The number of carbonyl (C=O) groups is 1. The first kappa shape index (κ1) is 25.6. The van der Waals surface area contributed by atoms with Crippen LogP contribution in [0, 0.1) is 0 Å². The molecule has 1 aliphatic carbocycles. The molecule has 0 radical (unpaired) electrons. The Morgan fingerprint density at radius 2 is 1.73 bits per heavy atom. The van der Waals surface area contributed by atoms with Crippen LogP contribution in [-0.4, -0.2) is 98.1 Å². The summed E-state index contributed by atoms with van der Waals surface area (Å²) in [6, 6.07) is 1.84. The van der Waals surface area contributed by atoms with E-state index < -0.39 is 0 Å². The van der Waals surface area contributed by atoms with Gasteiger partial charge in [-0.2, -0.15) is 0 Å². The van der Waals surface area contributed by atoms with Crippen LogP contribution in [-0.2, 0) is 4.79 Å². The molecule has 1 unspecified atom stereocenters. The zero-order chi connectivity index (χ0) is 20.6. The fourth-order valence-corrected chi connectivity index (χ4v) is 5.07. The van der Waals surface area contributed by atoms with E-state index >= 15 is 0 Å². The molecule has 2 heterocycles. The predicted octanol–water partition coefficient (Wildman–Crippen LogP) is 2.12. The van der Waals surface area contributed by atoms with Gasteiger partial charge in [-0.1, -0.05) is 19.8 Å². The Morgan fingerprint density at radius 1 is 1.03 bits per heavy atom. The second-order valence-corrected chi connectivity index (χ2v) is 9.15. The Hall–Kier alpha value is -0.610. The summed E-state index contributed by atoms with van der Waals surface area (Å²) in [7, 11) is 3.57. The van der Waals surface area contributed by atoms with Crippen LogP contribution < -0.4 is 10.6 Å². The van der Waals surface area contributed by atoms with Gasteiger partial charge in [0.05, 0.1) is 0 Å². The summed E-state index contributed by atoms with van der Waals surface area (Å²) in [6.45, 7) is 7.99. The van der Waals surface area contributed by atoms with E-state index in [0.717, 1.165) is 37.9 Å². The molecule has 0 aromatic carbocycles. The van der Waals surface area contributed by atoms with Crippen molar-refractivity contribution in [2.75, 3.05) is 53.4 Å². The first-order valence-electron chi connectivity index (χ1n) is 11.8. The number of amides is 1. The van der Waals surface area contributed by atoms with Crippen LogP contribution in [0.3, 0.4) is 0 Å². The number of aliphatic imine (C=N–C) groups is 1. The number of piperidine rings is 1. The van der Waals surface area contributed by atoms with E-state index in [1.165, 1.54) is 58.2 Å². The topological polar surface area (TPSA) is 63.2 Å². The van der Waals surface area contributed by atoms with Gasteiger partial charge in [-0.05, 0) is 51.6 Å². The maximum absolute atomic E-state index is 12.0. The smallest absolute Gasteiger partial charge is 0.243 e. The summed E-state index contributed by atoms with van der Waals surface area (Å²) in [5.74, 6) is 0.848. The highest BCUT2D eigenvalue weighted by Crippen LogP contribution is 2.26. The fourth-order valence-electron chi connectivity index (χ4n) is 5.07. The molecule has 2 saturated heterocycles. The summed E-state index contributed by atoms with van der Waals surface area (Å²) in [4.78, 5) is 23.5. The Morgan fingerprint density at radius 3 is 2.37 bits per heavy atom. The number of hydrogen-bond acceptors (Lipinski definition) is 4. The Balaban J connectivity index is 0.00000320.